The standard InChI is InChI=1S/C14H17N3O2/c1-9-8-11(18)6-7-12(9)13-15-16-14(19)17(13)10-4-2-3-5-10/h6-8,10,18H,2-5H2,1H3,(H,16,19). The molecule has 0 aliphatic heterocycles. The van der Waals surface area contributed by atoms with Crippen molar-refractivity contribution in [2.45, 2.75) is 38.6 Å². The summed E-state index contributed by atoms with van der Waals surface area (Å²) in [5, 5.41) is 16.2. The van der Waals surface area contributed by atoms with Crippen molar-refractivity contribution < 1.29 is 5.11 Å². The first-order valence-electron chi connectivity index (χ1n) is 6.63. The lowest BCUT2D eigenvalue weighted by atomic mass is 10.1. The minimum Gasteiger partial charge on any atom is -0.508 e. The van der Waals surface area contributed by atoms with Crippen LogP contribution in [0.4, 0.5) is 0 Å². The van der Waals surface area contributed by atoms with Crippen molar-refractivity contribution in [3.05, 3.63) is 34.2 Å². The van der Waals surface area contributed by atoms with E-state index in [0.29, 0.717) is 5.82 Å². The molecule has 5 heteroatoms. The van der Waals surface area contributed by atoms with Gasteiger partial charge < -0.3 is 5.11 Å². The van der Waals surface area contributed by atoms with E-state index in [2.05, 4.69) is 10.2 Å². The zero-order valence-electron chi connectivity index (χ0n) is 10.9. The summed E-state index contributed by atoms with van der Waals surface area (Å²) in [6.45, 7) is 1.91. The van der Waals surface area contributed by atoms with Crippen molar-refractivity contribution in [3.63, 3.8) is 0 Å². The van der Waals surface area contributed by atoms with E-state index in [0.717, 1.165) is 36.8 Å². The number of nitrogens with zero attached hydrogens (tertiary/aromatic N) is 2. The minimum absolute atomic E-state index is 0.144. The third-order valence-corrected chi connectivity index (χ3v) is 3.85. The van der Waals surface area contributed by atoms with Crippen LogP contribution in [-0.4, -0.2) is 19.9 Å². The second-order valence-electron chi connectivity index (χ2n) is 5.16. The van der Waals surface area contributed by atoms with Gasteiger partial charge in [-0.05, 0) is 43.5 Å². The van der Waals surface area contributed by atoms with Crippen molar-refractivity contribution in [1.29, 1.82) is 0 Å². The fraction of sp³-hybridized carbons (Fsp3) is 0.429. The molecule has 1 aliphatic carbocycles. The number of benzene rings is 1. The molecule has 1 aromatic heterocycles. The normalized spacial score (nSPS) is 16.1. The van der Waals surface area contributed by atoms with Gasteiger partial charge in [-0.15, -0.1) is 0 Å². The van der Waals surface area contributed by atoms with Crippen LogP contribution in [0, 0.1) is 6.92 Å². The number of aromatic hydroxyl groups is 1. The molecule has 5 nitrogen and oxygen atoms in total. The smallest absolute Gasteiger partial charge is 0.343 e. The third kappa shape index (κ3) is 2.05. The lowest BCUT2D eigenvalue weighted by Crippen LogP contribution is -2.21. The predicted octanol–water partition coefficient (Wildman–Crippen LogP) is 2.37. The molecule has 3 rings (SSSR count). The Morgan fingerprint density at radius 1 is 1.37 bits per heavy atom. The number of hydrogen-bond acceptors (Lipinski definition) is 3. The van der Waals surface area contributed by atoms with Gasteiger partial charge in [-0.3, -0.25) is 4.57 Å². The maximum absolute atomic E-state index is 12.0. The van der Waals surface area contributed by atoms with Crippen molar-refractivity contribution >= 4 is 0 Å². The molecular formula is C14H17N3O2. The molecule has 1 heterocycles. The summed E-state index contributed by atoms with van der Waals surface area (Å²) in [6, 6.07) is 5.37. The van der Waals surface area contributed by atoms with Crippen molar-refractivity contribution in [2.75, 3.05) is 0 Å². The molecule has 0 unspecified atom stereocenters. The molecule has 1 fully saturated rings. The molecule has 19 heavy (non-hydrogen) atoms. The summed E-state index contributed by atoms with van der Waals surface area (Å²) in [7, 11) is 0. The van der Waals surface area contributed by atoms with E-state index in [1.54, 1.807) is 16.7 Å². The molecule has 0 bridgehead atoms. The zero-order valence-corrected chi connectivity index (χ0v) is 10.9. The molecule has 1 aromatic carbocycles. The minimum atomic E-state index is -0.144. The van der Waals surface area contributed by atoms with Crippen LogP contribution >= 0.6 is 0 Å². The second kappa shape index (κ2) is 4.57. The van der Waals surface area contributed by atoms with Gasteiger partial charge in [0.1, 0.15) is 5.75 Å². The summed E-state index contributed by atoms with van der Waals surface area (Å²) in [4.78, 5) is 12.0. The van der Waals surface area contributed by atoms with Crippen LogP contribution < -0.4 is 5.69 Å². The van der Waals surface area contributed by atoms with E-state index in [1.165, 1.54) is 0 Å². The number of phenols is 1. The molecule has 0 amide bonds. The van der Waals surface area contributed by atoms with Gasteiger partial charge in [0.2, 0.25) is 0 Å². The van der Waals surface area contributed by atoms with Crippen LogP contribution in [0.3, 0.4) is 0 Å². The Bertz CT molecular complexity index is 651. The van der Waals surface area contributed by atoms with Gasteiger partial charge in [-0.25, -0.2) is 9.89 Å². The van der Waals surface area contributed by atoms with Crippen LogP contribution in [0.15, 0.2) is 23.0 Å². The summed E-state index contributed by atoms with van der Waals surface area (Å²) >= 11 is 0. The highest BCUT2D eigenvalue weighted by molar-refractivity contribution is 5.61. The van der Waals surface area contributed by atoms with Gasteiger partial charge in [-0.2, -0.15) is 5.10 Å². The lowest BCUT2D eigenvalue weighted by Gasteiger charge is -2.14. The fourth-order valence-corrected chi connectivity index (χ4v) is 2.89. The van der Waals surface area contributed by atoms with E-state index < -0.39 is 0 Å². The summed E-state index contributed by atoms with van der Waals surface area (Å²) in [5.74, 6) is 0.904. The van der Waals surface area contributed by atoms with Crippen LogP contribution in [0.1, 0.15) is 37.3 Å². The largest absolute Gasteiger partial charge is 0.508 e. The second-order valence-corrected chi connectivity index (χ2v) is 5.16. The summed E-state index contributed by atoms with van der Waals surface area (Å²) in [5.41, 5.74) is 1.66. The first kappa shape index (κ1) is 12.0. The number of aromatic amines is 1. The average Bonchev–Trinajstić information content (AvgIpc) is 2.98. The molecular weight excluding hydrogens is 242 g/mol. The van der Waals surface area contributed by atoms with Gasteiger partial charge in [0, 0.05) is 11.6 Å². The third-order valence-electron chi connectivity index (χ3n) is 3.85. The molecule has 0 radical (unpaired) electrons. The number of aryl methyl sites for hydroxylation is 1. The number of aromatic nitrogens is 3. The van der Waals surface area contributed by atoms with Crippen LogP contribution in [0.25, 0.3) is 11.4 Å². The highest BCUT2D eigenvalue weighted by Crippen LogP contribution is 2.32. The van der Waals surface area contributed by atoms with Gasteiger partial charge in [0.15, 0.2) is 5.82 Å². The topological polar surface area (TPSA) is 70.9 Å². The molecule has 1 saturated carbocycles. The first-order chi connectivity index (χ1) is 9.16. The number of phenolic OH excluding ortho intramolecular Hbond substituents is 1. The lowest BCUT2D eigenvalue weighted by molar-refractivity contribution is 0.475. The number of H-pyrrole nitrogens is 1. The summed E-state index contributed by atoms with van der Waals surface area (Å²) < 4.78 is 1.77. The number of hydrogen-bond donors (Lipinski definition) is 2. The molecule has 0 spiro atoms. The van der Waals surface area contributed by atoms with E-state index in [1.807, 2.05) is 13.0 Å². The Morgan fingerprint density at radius 2 is 2.11 bits per heavy atom. The Labute approximate surface area is 110 Å². The van der Waals surface area contributed by atoms with E-state index >= 15 is 0 Å². The molecule has 1 aliphatic rings. The highest BCUT2D eigenvalue weighted by atomic mass is 16.3. The van der Waals surface area contributed by atoms with E-state index in [9.17, 15) is 9.90 Å². The van der Waals surface area contributed by atoms with Gasteiger partial charge in [0.05, 0.1) is 0 Å². The first-order valence-corrected chi connectivity index (χ1v) is 6.63. The van der Waals surface area contributed by atoms with Crippen molar-refractivity contribution in [1.82, 2.24) is 14.8 Å². The SMILES string of the molecule is Cc1cc(O)ccc1-c1n[nH]c(=O)n1C1CCCC1. The van der Waals surface area contributed by atoms with Gasteiger partial charge in [-0.1, -0.05) is 12.8 Å². The Kier molecular flexibility index (Phi) is 2.89. The van der Waals surface area contributed by atoms with Gasteiger partial charge >= 0.3 is 5.69 Å². The maximum atomic E-state index is 12.0. The Morgan fingerprint density at radius 3 is 2.79 bits per heavy atom. The Balaban J connectivity index is 2.12. The number of rotatable bonds is 2. The fourth-order valence-electron chi connectivity index (χ4n) is 2.89. The van der Waals surface area contributed by atoms with Crippen LogP contribution in [0.2, 0.25) is 0 Å². The van der Waals surface area contributed by atoms with Crippen molar-refractivity contribution in [3.8, 4) is 17.1 Å². The van der Waals surface area contributed by atoms with Gasteiger partial charge in [0.25, 0.3) is 0 Å². The predicted molar refractivity (Wildman–Crippen MR) is 72.2 cm³/mol. The van der Waals surface area contributed by atoms with E-state index in [-0.39, 0.29) is 17.5 Å². The quantitative estimate of drug-likeness (QED) is 0.869. The summed E-state index contributed by atoms with van der Waals surface area (Å²) in [6.07, 6.45) is 4.39. The molecule has 100 valence electrons. The molecule has 0 atom stereocenters. The molecule has 0 saturated heterocycles. The highest BCUT2D eigenvalue weighted by Gasteiger charge is 2.23. The zero-order chi connectivity index (χ0) is 13.4. The maximum Gasteiger partial charge on any atom is 0.343 e. The number of nitrogens with one attached hydrogen (secondary N) is 1. The van der Waals surface area contributed by atoms with E-state index in [4.69, 9.17) is 0 Å². The average molecular weight is 259 g/mol. The molecule has 2 N–H and O–H groups in total. The molecule has 2 aromatic rings. The van der Waals surface area contributed by atoms with Crippen LogP contribution in [0.5, 0.6) is 5.75 Å². The Hall–Kier alpha value is -2.04. The van der Waals surface area contributed by atoms with Crippen LogP contribution in [-0.2, 0) is 0 Å². The monoisotopic (exact) mass is 259 g/mol. The van der Waals surface area contributed by atoms with Crippen molar-refractivity contribution in [2.24, 2.45) is 0 Å².